The van der Waals surface area contributed by atoms with Crippen molar-refractivity contribution in [3.8, 4) is 0 Å². The topological polar surface area (TPSA) is 40.1 Å². The summed E-state index contributed by atoms with van der Waals surface area (Å²) in [4.78, 5) is 9.76. The summed E-state index contributed by atoms with van der Waals surface area (Å²) in [5, 5.41) is 3.48. The first-order valence-corrected chi connectivity index (χ1v) is 9.71. The Kier molecular flexibility index (Phi) is 10.0. The number of likely N-dealkylation sites (N-methyl/N-ethyl adjacent to an activating group) is 1. The van der Waals surface area contributed by atoms with Crippen LogP contribution in [0.1, 0.15) is 46.0 Å². The monoisotopic (exact) mass is 466 g/mol. The fraction of sp³-hybridized carbons (Fsp3) is 0.947. The summed E-state index contributed by atoms with van der Waals surface area (Å²) in [7, 11) is 6.60. The van der Waals surface area contributed by atoms with Crippen molar-refractivity contribution in [3.63, 3.8) is 0 Å². The van der Waals surface area contributed by atoms with E-state index in [0.29, 0.717) is 5.92 Å². The first kappa shape index (κ1) is 23.0. The van der Waals surface area contributed by atoms with Crippen molar-refractivity contribution in [2.45, 2.75) is 51.5 Å². The highest BCUT2D eigenvalue weighted by Gasteiger charge is 2.37. The molecule has 5 nitrogen and oxygen atoms in total. The van der Waals surface area contributed by atoms with Gasteiger partial charge in [-0.15, -0.1) is 24.0 Å². The summed E-state index contributed by atoms with van der Waals surface area (Å²) in [6.45, 7) is 9.16. The van der Waals surface area contributed by atoms with Crippen LogP contribution in [0.2, 0.25) is 0 Å². The fourth-order valence-corrected chi connectivity index (χ4v) is 4.22. The third-order valence-electron chi connectivity index (χ3n) is 5.79. The quantitative estimate of drug-likeness (QED) is 0.371. The van der Waals surface area contributed by atoms with Gasteiger partial charge in [-0.25, -0.2) is 0 Å². The second kappa shape index (κ2) is 10.9. The normalized spacial score (nSPS) is 30.2. The maximum Gasteiger partial charge on any atom is 0.193 e. The van der Waals surface area contributed by atoms with Crippen LogP contribution in [-0.2, 0) is 4.74 Å². The molecule has 0 bridgehead atoms. The molecular formula is C19H39IN4O. The molecule has 6 heteroatoms. The van der Waals surface area contributed by atoms with E-state index < -0.39 is 0 Å². The van der Waals surface area contributed by atoms with E-state index in [4.69, 9.17) is 9.73 Å². The number of nitrogens with one attached hydrogen (secondary N) is 1. The molecule has 3 atom stereocenters. The Morgan fingerprint density at radius 2 is 2.04 bits per heavy atom. The van der Waals surface area contributed by atoms with E-state index >= 15 is 0 Å². The van der Waals surface area contributed by atoms with Crippen LogP contribution >= 0.6 is 24.0 Å². The maximum atomic E-state index is 5.52. The van der Waals surface area contributed by atoms with Gasteiger partial charge in [-0.2, -0.15) is 0 Å². The highest BCUT2D eigenvalue weighted by Crippen LogP contribution is 2.35. The molecule has 0 amide bonds. The lowest BCUT2D eigenvalue weighted by Crippen LogP contribution is -2.51. The van der Waals surface area contributed by atoms with Gasteiger partial charge in [0.2, 0.25) is 0 Å². The largest absolute Gasteiger partial charge is 0.381 e. The van der Waals surface area contributed by atoms with E-state index in [-0.39, 0.29) is 29.5 Å². The van der Waals surface area contributed by atoms with Crippen molar-refractivity contribution < 1.29 is 4.74 Å². The van der Waals surface area contributed by atoms with E-state index in [9.17, 15) is 0 Å². The number of hydrogen-bond donors (Lipinski definition) is 1. The molecule has 25 heavy (non-hydrogen) atoms. The number of aliphatic imine (C=N–C) groups is 1. The Morgan fingerprint density at radius 1 is 1.28 bits per heavy atom. The summed E-state index contributed by atoms with van der Waals surface area (Å²) in [5.41, 5.74) is 0.218. The van der Waals surface area contributed by atoms with Gasteiger partial charge in [-0.3, -0.25) is 4.99 Å². The Balaban J connectivity index is 0.00000312. The second-order valence-electron chi connectivity index (χ2n) is 8.10. The van der Waals surface area contributed by atoms with Crippen LogP contribution in [0.3, 0.4) is 0 Å². The molecule has 0 spiro atoms. The predicted molar refractivity (Wildman–Crippen MR) is 117 cm³/mol. The summed E-state index contributed by atoms with van der Waals surface area (Å²) in [6.07, 6.45) is 6.36. The molecule has 0 aromatic carbocycles. The van der Waals surface area contributed by atoms with Crippen LogP contribution < -0.4 is 5.32 Å². The van der Waals surface area contributed by atoms with Gasteiger partial charge >= 0.3 is 0 Å². The molecule has 1 heterocycles. The van der Waals surface area contributed by atoms with Gasteiger partial charge in [0, 0.05) is 38.2 Å². The van der Waals surface area contributed by atoms with Gasteiger partial charge < -0.3 is 19.9 Å². The minimum absolute atomic E-state index is 0. The Morgan fingerprint density at radius 3 is 2.60 bits per heavy atom. The van der Waals surface area contributed by atoms with Gasteiger partial charge in [0.25, 0.3) is 0 Å². The van der Waals surface area contributed by atoms with Crippen LogP contribution in [0.15, 0.2) is 4.99 Å². The molecule has 1 aliphatic heterocycles. The first-order chi connectivity index (χ1) is 11.5. The summed E-state index contributed by atoms with van der Waals surface area (Å²) < 4.78 is 5.52. The van der Waals surface area contributed by atoms with Crippen LogP contribution in [0.25, 0.3) is 0 Å². The fourth-order valence-electron chi connectivity index (χ4n) is 4.22. The number of nitrogens with zero attached hydrogens (tertiary/aromatic N) is 3. The molecular weight excluding hydrogens is 427 g/mol. The number of halogens is 1. The van der Waals surface area contributed by atoms with E-state index in [1.807, 2.05) is 0 Å². The van der Waals surface area contributed by atoms with Crippen molar-refractivity contribution in [2.75, 3.05) is 54.0 Å². The molecule has 2 fully saturated rings. The predicted octanol–water partition coefficient (Wildman–Crippen LogP) is 3.05. The Labute approximate surface area is 172 Å². The van der Waals surface area contributed by atoms with Crippen molar-refractivity contribution in [3.05, 3.63) is 0 Å². The smallest absolute Gasteiger partial charge is 0.193 e. The van der Waals surface area contributed by atoms with Gasteiger partial charge in [-0.1, -0.05) is 19.8 Å². The Hall–Kier alpha value is -0.0800. The van der Waals surface area contributed by atoms with Crippen molar-refractivity contribution >= 4 is 29.9 Å². The third-order valence-corrected chi connectivity index (χ3v) is 5.79. The molecule has 0 aromatic rings. The van der Waals surface area contributed by atoms with E-state index in [2.05, 4.69) is 50.1 Å². The molecule has 1 saturated carbocycles. The number of ether oxygens (including phenoxy) is 1. The molecule has 0 radical (unpaired) electrons. The minimum Gasteiger partial charge on any atom is -0.381 e. The highest BCUT2D eigenvalue weighted by molar-refractivity contribution is 14.0. The summed E-state index contributed by atoms with van der Waals surface area (Å²) in [6, 6.07) is 0. The number of rotatable bonds is 6. The maximum absolute atomic E-state index is 5.52. The van der Waals surface area contributed by atoms with Crippen LogP contribution in [0.4, 0.5) is 0 Å². The van der Waals surface area contributed by atoms with Gasteiger partial charge in [0.05, 0.1) is 13.2 Å². The van der Waals surface area contributed by atoms with Crippen molar-refractivity contribution in [1.82, 2.24) is 15.1 Å². The zero-order chi connectivity index (χ0) is 17.6. The first-order valence-electron chi connectivity index (χ1n) is 9.71. The zero-order valence-electron chi connectivity index (χ0n) is 16.9. The molecule has 1 aliphatic carbocycles. The van der Waals surface area contributed by atoms with Gasteiger partial charge in [-0.05, 0) is 46.2 Å². The molecule has 1 saturated heterocycles. The van der Waals surface area contributed by atoms with Crippen molar-refractivity contribution in [2.24, 2.45) is 16.8 Å². The SMILES string of the molecule is CCNC(=NCC1(N(C)C)CCCC(C)C1)N(C)CC1CCOC1.I. The molecule has 3 unspecified atom stereocenters. The lowest BCUT2D eigenvalue weighted by molar-refractivity contribution is 0.0842. The highest BCUT2D eigenvalue weighted by atomic mass is 127. The molecule has 2 aliphatic rings. The lowest BCUT2D eigenvalue weighted by atomic mass is 9.75. The van der Waals surface area contributed by atoms with Crippen LogP contribution in [-0.4, -0.2) is 75.3 Å². The number of hydrogen-bond acceptors (Lipinski definition) is 3. The third kappa shape index (κ3) is 6.54. The van der Waals surface area contributed by atoms with E-state index in [1.165, 1.54) is 32.1 Å². The average molecular weight is 466 g/mol. The molecule has 2 rings (SSSR count). The number of guanidine groups is 1. The second-order valence-corrected chi connectivity index (χ2v) is 8.10. The average Bonchev–Trinajstić information content (AvgIpc) is 3.04. The van der Waals surface area contributed by atoms with Crippen LogP contribution in [0.5, 0.6) is 0 Å². The summed E-state index contributed by atoms with van der Waals surface area (Å²) >= 11 is 0. The zero-order valence-corrected chi connectivity index (χ0v) is 19.2. The van der Waals surface area contributed by atoms with Gasteiger partial charge in [0.15, 0.2) is 5.96 Å². The van der Waals surface area contributed by atoms with Crippen molar-refractivity contribution in [1.29, 1.82) is 0 Å². The van der Waals surface area contributed by atoms with Crippen LogP contribution in [0, 0.1) is 11.8 Å². The molecule has 0 aromatic heterocycles. The molecule has 1 N–H and O–H groups in total. The van der Waals surface area contributed by atoms with E-state index in [0.717, 1.165) is 44.7 Å². The van der Waals surface area contributed by atoms with Gasteiger partial charge in [0.1, 0.15) is 0 Å². The minimum atomic E-state index is 0. The summed E-state index contributed by atoms with van der Waals surface area (Å²) in [5.74, 6) is 2.48. The standard InChI is InChI=1S/C19H38N4O.HI/c1-6-20-18(23(5)13-17-9-11-24-14-17)21-15-19(22(3)4)10-7-8-16(2)12-19;/h16-17H,6-15H2,1-5H3,(H,20,21);1H. The van der Waals surface area contributed by atoms with E-state index in [1.54, 1.807) is 0 Å². The lowest BCUT2D eigenvalue weighted by Gasteiger charge is -2.44. The Bertz CT molecular complexity index is 412. The molecule has 148 valence electrons.